The zero-order valence-electron chi connectivity index (χ0n) is 42.3. The second-order valence-electron chi connectivity index (χ2n) is 19.9. The molecule has 1 N–H and O–H groups in total. The summed E-state index contributed by atoms with van der Waals surface area (Å²) in [5, 5.41) is 12.4. The molecule has 2 heterocycles. The first-order valence-corrected chi connectivity index (χ1v) is 21.5. The molecular weight excluding hydrogens is 950 g/mol. The van der Waals surface area contributed by atoms with Gasteiger partial charge in [0.25, 0.3) is 0 Å². The van der Waals surface area contributed by atoms with E-state index >= 15 is 0 Å². The van der Waals surface area contributed by atoms with Crippen molar-refractivity contribution in [3.63, 3.8) is 0 Å². The van der Waals surface area contributed by atoms with Crippen LogP contribution in [0.2, 0.25) is 0 Å². The van der Waals surface area contributed by atoms with E-state index in [0.29, 0.717) is 28.2 Å². The fourth-order valence-corrected chi connectivity index (χ4v) is 8.15. The number of phenols is 1. The van der Waals surface area contributed by atoms with E-state index < -0.39 is 18.2 Å². The Morgan fingerprint density at radius 2 is 1.32 bits per heavy atom. The Kier molecular flexibility index (Phi) is 11.0. The number of fused-ring (bicyclic) bond motifs is 1. The van der Waals surface area contributed by atoms with Crippen molar-refractivity contribution in [2.75, 3.05) is 0 Å². The summed E-state index contributed by atoms with van der Waals surface area (Å²) in [7, 11) is 0. The van der Waals surface area contributed by atoms with E-state index in [-0.39, 0.29) is 43.2 Å². The molecular formula is C58H60N3OPt-. The van der Waals surface area contributed by atoms with E-state index in [1.165, 1.54) is 0 Å². The first-order valence-electron chi connectivity index (χ1n) is 23.5. The van der Waals surface area contributed by atoms with Crippen molar-refractivity contribution in [2.45, 2.75) is 105 Å². The molecule has 0 unspecified atom stereocenters. The summed E-state index contributed by atoms with van der Waals surface area (Å²) < 4.78 is 36.7. The van der Waals surface area contributed by atoms with Crippen LogP contribution in [0.15, 0.2) is 134 Å². The molecule has 0 aliphatic heterocycles. The second-order valence-corrected chi connectivity index (χ2v) is 19.9. The van der Waals surface area contributed by atoms with Gasteiger partial charge in [0.2, 0.25) is 0 Å². The first-order chi connectivity index (χ1) is 30.8. The van der Waals surface area contributed by atoms with Gasteiger partial charge in [0.05, 0.1) is 16.6 Å². The van der Waals surface area contributed by atoms with Gasteiger partial charge in [-0.25, -0.2) is 4.98 Å². The fourth-order valence-electron chi connectivity index (χ4n) is 8.15. The molecule has 0 spiro atoms. The third-order valence-corrected chi connectivity index (χ3v) is 11.9. The number of aromatic nitrogens is 3. The number of hydrogen-bond donors (Lipinski definition) is 1. The average molecular weight is 1010 g/mol. The quantitative estimate of drug-likeness (QED) is 0.162. The molecule has 0 aliphatic rings. The van der Waals surface area contributed by atoms with Crippen LogP contribution < -0.4 is 0 Å². The van der Waals surface area contributed by atoms with Crippen LogP contribution in [-0.2, 0) is 37.3 Å². The van der Waals surface area contributed by atoms with Crippen molar-refractivity contribution in [1.82, 2.24) is 14.5 Å². The van der Waals surface area contributed by atoms with Crippen molar-refractivity contribution < 1.29 is 31.7 Å². The Morgan fingerprint density at radius 3 is 1.97 bits per heavy atom. The van der Waals surface area contributed by atoms with Crippen LogP contribution in [0.3, 0.4) is 0 Å². The predicted molar refractivity (Wildman–Crippen MR) is 261 cm³/mol. The van der Waals surface area contributed by atoms with Gasteiger partial charge in [-0.2, -0.15) is 0 Å². The third-order valence-electron chi connectivity index (χ3n) is 11.9. The molecule has 8 aromatic rings. The van der Waals surface area contributed by atoms with E-state index in [9.17, 15) is 5.11 Å². The largest absolute Gasteiger partial charge is 0.507 e. The van der Waals surface area contributed by atoms with Gasteiger partial charge < -0.3 is 5.11 Å². The molecule has 2 aromatic heterocycles. The molecule has 8 rings (SSSR count). The molecule has 0 radical (unpaired) electrons. The number of aromatic hydroxyl groups is 1. The Hall–Kier alpha value is -5.57. The number of rotatable bonds is 7. The summed E-state index contributed by atoms with van der Waals surface area (Å²) in [6.45, 7) is 20.7. The number of aryl methyl sites for hydroxylation is 1. The topological polar surface area (TPSA) is 50.9 Å². The molecule has 0 bridgehead atoms. The maximum atomic E-state index is 12.4. The van der Waals surface area contributed by atoms with Gasteiger partial charge in [-0.05, 0) is 98.3 Å². The van der Waals surface area contributed by atoms with Crippen LogP contribution in [0.4, 0.5) is 0 Å². The maximum Gasteiger partial charge on any atom is 0.148 e. The molecule has 0 fully saturated rings. The van der Waals surface area contributed by atoms with Crippen molar-refractivity contribution >= 4 is 11.0 Å². The van der Waals surface area contributed by atoms with Crippen LogP contribution in [-0.4, -0.2) is 19.6 Å². The molecule has 324 valence electrons. The molecule has 5 heteroatoms. The molecule has 0 atom stereocenters. The monoisotopic (exact) mass is 1010 g/mol. The van der Waals surface area contributed by atoms with E-state index in [2.05, 4.69) is 111 Å². The van der Waals surface area contributed by atoms with Gasteiger partial charge in [-0.3, -0.25) is 9.55 Å². The number of benzene rings is 6. The number of imidazole rings is 1. The SMILES string of the molecule is [2H]C([2H])([2H])c1cc(-n2c(-c3cc(C(C)(C)C)cc(C(C)(C)C)c3O)nc3c(-c4[c-]c(-c5cc(-c6ccc(C([2H])(C)C)cc6)ccn5)cc(C(C)(C)C)c4)cccc32)ccc1-c1ccccc1.[Pt]. The molecule has 0 aliphatic carbocycles. The summed E-state index contributed by atoms with van der Waals surface area (Å²) in [4.78, 5) is 10.4. The second kappa shape index (κ2) is 17.2. The number of para-hydroxylation sites is 1. The molecule has 63 heavy (non-hydrogen) atoms. The predicted octanol–water partition coefficient (Wildman–Crippen LogP) is 15.6. The van der Waals surface area contributed by atoms with E-state index in [1.54, 1.807) is 6.07 Å². The minimum absolute atomic E-state index is 0. The summed E-state index contributed by atoms with van der Waals surface area (Å²) in [5.74, 6) is -0.0601. The van der Waals surface area contributed by atoms with Crippen molar-refractivity contribution in [2.24, 2.45) is 0 Å². The van der Waals surface area contributed by atoms with Crippen molar-refractivity contribution in [1.29, 1.82) is 0 Å². The fraction of sp³-hybridized carbons (Fsp3) is 0.276. The summed E-state index contributed by atoms with van der Waals surface area (Å²) in [5.41, 5.74) is 12.6. The van der Waals surface area contributed by atoms with Crippen LogP contribution in [0.25, 0.3) is 72.7 Å². The number of phenolic OH excluding ortho intramolecular Hbond substituents is 1. The van der Waals surface area contributed by atoms with Gasteiger partial charge >= 0.3 is 0 Å². The Balaban J connectivity index is 0.00000666. The van der Waals surface area contributed by atoms with Crippen LogP contribution >= 0.6 is 0 Å². The summed E-state index contributed by atoms with van der Waals surface area (Å²) in [6, 6.07) is 45.8. The van der Waals surface area contributed by atoms with E-state index in [0.717, 1.165) is 66.8 Å². The zero-order valence-corrected chi connectivity index (χ0v) is 40.6. The zero-order chi connectivity index (χ0) is 47.7. The van der Waals surface area contributed by atoms with Gasteiger partial charge in [-0.1, -0.05) is 172 Å². The van der Waals surface area contributed by atoms with E-state index in [1.807, 2.05) is 103 Å². The Morgan fingerprint density at radius 1 is 0.635 bits per heavy atom. The molecule has 6 aromatic carbocycles. The average Bonchev–Trinajstić information content (AvgIpc) is 3.64. The van der Waals surface area contributed by atoms with Gasteiger partial charge in [-0.15, -0.1) is 29.3 Å². The summed E-state index contributed by atoms with van der Waals surface area (Å²) >= 11 is 0. The van der Waals surface area contributed by atoms with Crippen LogP contribution in [0.1, 0.15) is 115 Å². The minimum Gasteiger partial charge on any atom is -0.507 e. The Bertz CT molecular complexity index is 3110. The van der Waals surface area contributed by atoms with Gasteiger partial charge in [0.15, 0.2) is 0 Å². The molecule has 0 saturated heterocycles. The molecule has 0 saturated carbocycles. The van der Waals surface area contributed by atoms with Crippen molar-refractivity contribution in [3.8, 4) is 67.5 Å². The number of pyridine rings is 1. The number of nitrogens with zero attached hydrogens (tertiary/aromatic N) is 3. The molecule has 0 amide bonds. The number of hydrogen-bond acceptors (Lipinski definition) is 3. The van der Waals surface area contributed by atoms with Crippen LogP contribution in [0, 0.1) is 12.9 Å². The minimum atomic E-state index is -2.43. The van der Waals surface area contributed by atoms with Gasteiger partial charge in [0, 0.05) is 49.7 Å². The maximum absolute atomic E-state index is 12.4. The normalized spacial score (nSPS) is 13.5. The van der Waals surface area contributed by atoms with Crippen molar-refractivity contribution in [3.05, 3.63) is 167 Å². The standard InChI is InChI=1S/C58H60N3O.Pt/c1-36(2)38-21-23-39(24-22-38)41-27-28-59-51(33-41)43-30-42(31-44(32-43)56(4,5)6)48-19-16-20-52-53(48)60-55(49-34-45(57(7,8)9)35-50(54(49)62)58(10,11)12)61(52)46-25-26-47(37(3)29-46)40-17-14-13-15-18-40;/h13-29,31-36,62H,1-12H3;/q-1;/i3D3,36D;. The van der Waals surface area contributed by atoms with Crippen LogP contribution in [0.5, 0.6) is 5.75 Å². The summed E-state index contributed by atoms with van der Waals surface area (Å²) in [6.07, 6.45) is 1.83. The first kappa shape index (κ1) is 40.2. The smallest absolute Gasteiger partial charge is 0.148 e. The van der Waals surface area contributed by atoms with Gasteiger partial charge in [0.1, 0.15) is 11.6 Å². The molecule has 4 nitrogen and oxygen atoms in total. The third kappa shape index (κ3) is 9.11. The van der Waals surface area contributed by atoms with E-state index in [4.69, 9.17) is 15.5 Å². The Labute approximate surface area is 395 Å².